The highest BCUT2D eigenvalue weighted by atomic mass is 16.6. The average Bonchev–Trinajstić information content (AvgIpc) is 2.76. The third kappa shape index (κ3) is 1.88. The van der Waals surface area contributed by atoms with Crippen molar-refractivity contribution in [3.63, 3.8) is 0 Å². The van der Waals surface area contributed by atoms with E-state index in [2.05, 4.69) is 0 Å². The maximum atomic E-state index is 10.9. The van der Waals surface area contributed by atoms with Gasteiger partial charge in [0.15, 0.2) is 0 Å². The number of nitro groups is 1. The molecule has 0 saturated heterocycles. The van der Waals surface area contributed by atoms with Gasteiger partial charge < -0.3 is 4.57 Å². The summed E-state index contributed by atoms with van der Waals surface area (Å²) in [5.74, 6) is 0. The second-order valence-corrected chi connectivity index (χ2v) is 3.62. The normalized spacial score (nSPS) is 9.88. The van der Waals surface area contributed by atoms with Crippen molar-refractivity contribution in [2.75, 3.05) is 0 Å². The fourth-order valence-electron chi connectivity index (χ4n) is 1.66. The maximum absolute atomic E-state index is 10.9. The molecule has 0 fully saturated rings. The van der Waals surface area contributed by atoms with Gasteiger partial charge in [-0.2, -0.15) is 5.26 Å². The monoisotopic (exact) mass is 227 g/mol. The quantitative estimate of drug-likeness (QED) is 0.584. The van der Waals surface area contributed by atoms with E-state index in [1.807, 2.05) is 13.0 Å². The first-order valence-corrected chi connectivity index (χ1v) is 4.96. The van der Waals surface area contributed by atoms with Crippen LogP contribution >= 0.6 is 0 Å². The van der Waals surface area contributed by atoms with Crippen LogP contribution in [0.4, 0.5) is 5.69 Å². The lowest BCUT2D eigenvalue weighted by Gasteiger charge is -2.06. The number of nitrogens with zero attached hydrogens (tertiary/aromatic N) is 3. The highest BCUT2D eigenvalue weighted by molar-refractivity contribution is 5.56. The first-order valence-electron chi connectivity index (χ1n) is 4.96. The summed E-state index contributed by atoms with van der Waals surface area (Å²) in [4.78, 5) is 10.5. The largest absolute Gasteiger partial charge is 0.302 e. The molecule has 17 heavy (non-hydrogen) atoms. The number of hydrogen-bond acceptors (Lipinski definition) is 3. The van der Waals surface area contributed by atoms with Crippen molar-refractivity contribution < 1.29 is 4.92 Å². The van der Waals surface area contributed by atoms with E-state index in [1.54, 1.807) is 30.5 Å². The highest BCUT2D eigenvalue weighted by Gasteiger charge is 2.16. The first kappa shape index (κ1) is 10.9. The number of nitro benzene ring substituents is 1. The zero-order valence-electron chi connectivity index (χ0n) is 9.12. The summed E-state index contributed by atoms with van der Waals surface area (Å²) >= 11 is 0. The Morgan fingerprint density at radius 1 is 1.41 bits per heavy atom. The third-order valence-corrected chi connectivity index (χ3v) is 2.45. The molecule has 0 N–H and O–H groups in total. The van der Waals surface area contributed by atoms with Gasteiger partial charge in [0.05, 0.1) is 4.92 Å². The number of nitriles is 1. The number of aromatic nitrogens is 1. The van der Waals surface area contributed by atoms with Gasteiger partial charge in [-0.1, -0.05) is 6.07 Å². The Balaban J connectivity index is 2.70. The predicted octanol–water partition coefficient (Wildman–Crippen LogP) is 2.57. The molecule has 2 rings (SSSR count). The lowest BCUT2D eigenvalue weighted by atomic mass is 10.2. The molecule has 0 aliphatic carbocycles. The molecule has 1 aromatic carbocycles. The summed E-state index contributed by atoms with van der Waals surface area (Å²) in [5.41, 5.74) is 1.68. The van der Waals surface area contributed by atoms with Crippen LogP contribution in [-0.2, 0) is 0 Å². The van der Waals surface area contributed by atoms with Gasteiger partial charge in [0.25, 0.3) is 5.69 Å². The molecule has 0 saturated carbocycles. The molecule has 1 heterocycles. The molecule has 5 nitrogen and oxygen atoms in total. The van der Waals surface area contributed by atoms with Crippen LogP contribution < -0.4 is 0 Å². The van der Waals surface area contributed by atoms with Crippen LogP contribution in [-0.4, -0.2) is 9.49 Å². The zero-order valence-corrected chi connectivity index (χ0v) is 9.12. The van der Waals surface area contributed by atoms with Crippen molar-refractivity contribution in [2.24, 2.45) is 0 Å². The first-order chi connectivity index (χ1) is 8.13. The second kappa shape index (κ2) is 4.10. The van der Waals surface area contributed by atoms with E-state index in [4.69, 9.17) is 5.26 Å². The zero-order chi connectivity index (χ0) is 12.4. The van der Waals surface area contributed by atoms with E-state index < -0.39 is 4.92 Å². The molecule has 0 bridgehead atoms. The SMILES string of the molecule is Cc1ccc([N+](=O)[O-])c(-n2cccc2C#N)c1. The molecular formula is C12H9N3O2. The summed E-state index contributed by atoms with van der Waals surface area (Å²) in [6.45, 7) is 1.85. The van der Waals surface area contributed by atoms with Crippen molar-refractivity contribution in [1.82, 2.24) is 4.57 Å². The molecular weight excluding hydrogens is 218 g/mol. The molecule has 0 radical (unpaired) electrons. The summed E-state index contributed by atoms with van der Waals surface area (Å²) in [6, 6.07) is 10.1. The van der Waals surface area contributed by atoms with Crippen LogP contribution in [0.5, 0.6) is 0 Å². The molecule has 0 unspecified atom stereocenters. The number of benzene rings is 1. The lowest BCUT2D eigenvalue weighted by Crippen LogP contribution is -2.01. The van der Waals surface area contributed by atoms with E-state index in [-0.39, 0.29) is 5.69 Å². The Kier molecular flexibility index (Phi) is 2.63. The van der Waals surface area contributed by atoms with Crippen LogP contribution in [0.3, 0.4) is 0 Å². The van der Waals surface area contributed by atoms with Crippen molar-refractivity contribution in [3.8, 4) is 11.8 Å². The van der Waals surface area contributed by atoms with Gasteiger partial charge in [0, 0.05) is 12.3 Å². The van der Waals surface area contributed by atoms with Crippen LogP contribution in [0.1, 0.15) is 11.3 Å². The minimum Gasteiger partial charge on any atom is -0.302 e. The Hall–Kier alpha value is -2.61. The molecule has 0 aliphatic rings. The summed E-state index contributed by atoms with van der Waals surface area (Å²) in [5, 5.41) is 19.9. The fourth-order valence-corrected chi connectivity index (χ4v) is 1.66. The Labute approximate surface area is 97.7 Å². The third-order valence-electron chi connectivity index (χ3n) is 2.45. The molecule has 1 aromatic heterocycles. The van der Waals surface area contributed by atoms with Gasteiger partial charge in [-0.15, -0.1) is 0 Å². The van der Waals surface area contributed by atoms with E-state index in [1.165, 1.54) is 10.6 Å². The molecule has 0 aliphatic heterocycles. The van der Waals surface area contributed by atoms with Crippen molar-refractivity contribution in [2.45, 2.75) is 6.92 Å². The van der Waals surface area contributed by atoms with Crippen LogP contribution in [0.25, 0.3) is 5.69 Å². The topological polar surface area (TPSA) is 71.9 Å². The van der Waals surface area contributed by atoms with Gasteiger partial charge in [0.2, 0.25) is 0 Å². The fraction of sp³-hybridized carbons (Fsp3) is 0.0833. The van der Waals surface area contributed by atoms with Crippen LogP contribution in [0.2, 0.25) is 0 Å². The van der Waals surface area contributed by atoms with E-state index >= 15 is 0 Å². The van der Waals surface area contributed by atoms with Gasteiger partial charge in [-0.25, -0.2) is 0 Å². The summed E-state index contributed by atoms with van der Waals surface area (Å²) < 4.78 is 1.52. The minimum absolute atomic E-state index is 0.0108. The molecule has 0 atom stereocenters. The highest BCUT2D eigenvalue weighted by Crippen LogP contribution is 2.25. The van der Waals surface area contributed by atoms with Crippen molar-refractivity contribution in [1.29, 1.82) is 5.26 Å². The molecule has 2 aromatic rings. The van der Waals surface area contributed by atoms with Crippen LogP contribution in [0.15, 0.2) is 36.5 Å². The van der Waals surface area contributed by atoms with Gasteiger partial charge >= 0.3 is 0 Å². The Morgan fingerprint density at radius 2 is 2.18 bits per heavy atom. The Bertz CT molecular complexity index is 623. The number of rotatable bonds is 2. The van der Waals surface area contributed by atoms with Gasteiger partial charge in [-0.3, -0.25) is 10.1 Å². The minimum atomic E-state index is -0.448. The standard InChI is InChI=1S/C12H9N3O2/c1-9-4-5-11(15(16)17)12(7-9)14-6-2-3-10(14)8-13/h2-7H,1H3. The molecule has 0 spiro atoms. The van der Waals surface area contributed by atoms with E-state index in [0.717, 1.165) is 5.56 Å². The average molecular weight is 227 g/mol. The molecule has 5 heteroatoms. The van der Waals surface area contributed by atoms with Gasteiger partial charge in [-0.05, 0) is 30.7 Å². The number of hydrogen-bond donors (Lipinski definition) is 0. The van der Waals surface area contributed by atoms with Crippen molar-refractivity contribution >= 4 is 5.69 Å². The van der Waals surface area contributed by atoms with Crippen molar-refractivity contribution in [3.05, 3.63) is 57.9 Å². The Morgan fingerprint density at radius 3 is 2.82 bits per heavy atom. The van der Waals surface area contributed by atoms with E-state index in [0.29, 0.717) is 11.4 Å². The maximum Gasteiger partial charge on any atom is 0.293 e. The molecule has 84 valence electrons. The lowest BCUT2D eigenvalue weighted by molar-refractivity contribution is -0.384. The summed E-state index contributed by atoms with van der Waals surface area (Å²) in [7, 11) is 0. The smallest absolute Gasteiger partial charge is 0.293 e. The van der Waals surface area contributed by atoms with Gasteiger partial charge in [0.1, 0.15) is 17.5 Å². The number of aryl methyl sites for hydroxylation is 1. The molecule has 0 amide bonds. The predicted molar refractivity (Wildman–Crippen MR) is 61.9 cm³/mol. The van der Waals surface area contributed by atoms with E-state index in [9.17, 15) is 10.1 Å². The summed E-state index contributed by atoms with van der Waals surface area (Å²) in [6.07, 6.45) is 1.64. The van der Waals surface area contributed by atoms with Crippen LogP contribution in [0, 0.1) is 28.4 Å². The second-order valence-electron chi connectivity index (χ2n) is 3.62.